The average Bonchev–Trinajstić information content (AvgIpc) is 3.34. The van der Waals surface area contributed by atoms with E-state index >= 15 is 0 Å². The number of ether oxygens (including phenoxy) is 1. The Kier molecular flexibility index (Phi) is 7.16. The summed E-state index contributed by atoms with van der Waals surface area (Å²) in [7, 11) is 0. The van der Waals surface area contributed by atoms with Crippen LogP contribution in [0.4, 0.5) is 18.0 Å². The first kappa shape index (κ1) is 25.8. The summed E-state index contributed by atoms with van der Waals surface area (Å²) in [6, 6.07) is 7.93. The normalized spacial score (nSPS) is 21.8. The van der Waals surface area contributed by atoms with Crippen LogP contribution in [0.5, 0.6) is 5.75 Å². The van der Waals surface area contributed by atoms with Crippen LogP contribution in [0.2, 0.25) is 0 Å². The summed E-state index contributed by atoms with van der Waals surface area (Å²) in [5, 5.41) is 13.3. The van der Waals surface area contributed by atoms with Crippen molar-refractivity contribution in [2.75, 3.05) is 26.2 Å². The predicted octanol–water partition coefficient (Wildman–Crippen LogP) is 5.19. The van der Waals surface area contributed by atoms with Crippen LogP contribution < -0.4 is 4.74 Å². The molecule has 2 unspecified atom stereocenters. The van der Waals surface area contributed by atoms with E-state index < -0.39 is 6.36 Å². The molecule has 4 rings (SSSR count). The van der Waals surface area contributed by atoms with Crippen LogP contribution in [0.15, 0.2) is 28.8 Å². The Bertz CT molecular complexity index is 1100. The molecule has 2 atom stereocenters. The van der Waals surface area contributed by atoms with Gasteiger partial charge in [0.25, 0.3) is 0 Å². The minimum atomic E-state index is -4.76. The molecule has 0 radical (unpaired) electrons. The zero-order chi connectivity index (χ0) is 26.1. The molecule has 0 N–H and O–H groups in total. The largest absolute Gasteiger partial charge is 0.573 e. The third-order valence-electron chi connectivity index (χ3n) is 6.72. The van der Waals surface area contributed by atoms with Gasteiger partial charge in [-0.05, 0) is 37.0 Å². The van der Waals surface area contributed by atoms with Crippen LogP contribution >= 0.6 is 0 Å². The van der Waals surface area contributed by atoms with E-state index in [1.165, 1.54) is 12.1 Å². The number of hydrogen-bond donors (Lipinski definition) is 0. The van der Waals surface area contributed by atoms with Gasteiger partial charge in [0.05, 0.1) is 12.0 Å². The van der Waals surface area contributed by atoms with E-state index in [9.17, 15) is 18.0 Å². The molecule has 0 saturated carbocycles. The topological polar surface area (TPSA) is 95.5 Å². The summed E-state index contributed by atoms with van der Waals surface area (Å²) in [5.41, 5.74) is 0.496. The highest BCUT2D eigenvalue weighted by molar-refractivity contribution is 5.75. The lowest BCUT2D eigenvalue weighted by Crippen LogP contribution is -2.51. The third-order valence-corrected chi connectivity index (χ3v) is 6.72. The van der Waals surface area contributed by atoms with E-state index in [1.807, 2.05) is 20.8 Å². The van der Waals surface area contributed by atoms with Crippen molar-refractivity contribution in [3.63, 3.8) is 0 Å². The van der Waals surface area contributed by atoms with Crippen LogP contribution in [0, 0.1) is 17.2 Å². The molecular weight excluding hydrogens is 475 g/mol. The van der Waals surface area contributed by atoms with Gasteiger partial charge in [-0.1, -0.05) is 38.1 Å². The minimum Gasteiger partial charge on any atom is -0.406 e. The Morgan fingerprint density at radius 1 is 1.08 bits per heavy atom. The van der Waals surface area contributed by atoms with Crippen LogP contribution in [-0.4, -0.2) is 58.5 Å². The standard InChI is InChI=1S/C25H30F3N5O3/c1-24(2,3)22-30-21(36-31-22)19-12-18(17-4-6-20(7-5-17)35-25(26,27)28)14-33(15-19)23(34)32-10-8-16(13-29)9-11-32/h4-7,16,18-19H,8-12,14-15H2,1-3H3. The fraction of sp³-hybridized carbons (Fsp3) is 0.600. The van der Waals surface area contributed by atoms with Gasteiger partial charge in [-0.25, -0.2) is 4.79 Å². The number of halogens is 3. The van der Waals surface area contributed by atoms with Crippen LogP contribution in [0.25, 0.3) is 0 Å². The highest BCUT2D eigenvalue weighted by Gasteiger charge is 2.38. The first-order valence-electron chi connectivity index (χ1n) is 12.1. The van der Waals surface area contributed by atoms with E-state index in [0.717, 1.165) is 5.56 Å². The molecule has 2 aromatic rings. The smallest absolute Gasteiger partial charge is 0.406 e. The molecule has 36 heavy (non-hydrogen) atoms. The molecule has 2 saturated heterocycles. The Morgan fingerprint density at radius 3 is 2.28 bits per heavy atom. The second kappa shape index (κ2) is 9.99. The predicted molar refractivity (Wildman–Crippen MR) is 123 cm³/mol. The number of carbonyl (C=O) groups is 1. The summed E-state index contributed by atoms with van der Waals surface area (Å²) in [4.78, 5) is 21.6. The van der Waals surface area contributed by atoms with E-state index in [0.29, 0.717) is 57.2 Å². The third kappa shape index (κ3) is 6.09. The van der Waals surface area contributed by atoms with E-state index in [4.69, 9.17) is 9.78 Å². The van der Waals surface area contributed by atoms with Gasteiger partial charge < -0.3 is 19.1 Å². The monoisotopic (exact) mass is 505 g/mol. The Morgan fingerprint density at radius 2 is 1.72 bits per heavy atom. The molecule has 0 spiro atoms. The number of hydrogen-bond acceptors (Lipinski definition) is 6. The molecule has 0 aliphatic carbocycles. The van der Waals surface area contributed by atoms with Crippen molar-refractivity contribution in [1.29, 1.82) is 5.26 Å². The zero-order valence-corrected chi connectivity index (χ0v) is 20.6. The van der Waals surface area contributed by atoms with Gasteiger partial charge in [0.15, 0.2) is 5.82 Å². The van der Waals surface area contributed by atoms with Crippen LogP contribution in [0.3, 0.4) is 0 Å². The number of rotatable bonds is 3. The molecule has 11 heteroatoms. The molecule has 2 aliphatic heterocycles. The molecule has 194 valence electrons. The fourth-order valence-corrected chi connectivity index (χ4v) is 4.72. The molecule has 2 amide bonds. The Hall–Kier alpha value is -3.29. The highest BCUT2D eigenvalue weighted by Crippen LogP contribution is 2.37. The average molecular weight is 506 g/mol. The lowest BCUT2D eigenvalue weighted by Gasteiger charge is -2.40. The van der Waals surface area contributed by atoms with Crippen LogP contribution in [-0.2, 0) is 5.41 Å². The number of nitriles is 1. The van der Waals surface area contributed by atoms with Gasteiger partial charge in [0.2, 0.25) is 5.89 Å². The molecule has 0 bridgehead atoms. The number of amides is 2. The first-order chi connectivity index (χ1) is 16.9. The molecule has 8 nitrogen and oxygen atoms in total. The van der Waals surface area contributed by atoms with Crippen molar-refractivity contribution in [3.05, 3.63) is 41.5 Å². The number of urea groups is 1. The van der Waals surface area contributed by atoms with Crippen molar-refractivity contribution in [3.8, 4) is 11.8 Å². The maximum atomic E-state index is 13.4. The number of aromatic nitrogens is 2. The van der Waals surface area contributed by atoms with Crippen molar-refractivity contribution in [2.24, 2.45) is 5.92 Å². The van der Waals surface area contributed by atoms with Gasteiger partial charge in [0.1, 0.15) is 5.75 Å². The van der Waals surface area contributed by atoms with Gasteiger partial charge in [-0.15, -0.1) is 13.2 Å². The first-order valence-corrected chi connectivity index (χ1v) is 12.1. The molecule has 3 heterocycles. The number of likely N-dealkylation sites (tertiary alicyclic amines) is 2. The van der Waals surface area contributed by atoms with Gasteiger partial charge in [-0.2, -0.15) is 10.2 Å². The zero-order valence-electron chi connectivity index (χ0n) is 20.6. The molecular formula is C25H30F3N5O3. The van der Waals surface area contributed by atoms with Crippen LogP contribution in [0.1, 0.15) is 69.1 Å². The number of alkyl halides is 3. The van der Waals surface area contributed by atoms with Crippen molar-refractivity contribution >= 4 is 6.03 Å². The fourth-order valence-electron chi connectivity index (χ4n) is 4.72. The second-order valence-corrected chi connectivity index (χ2v) is 10.5. The summed E-state index contributed by atoms with van der Waals surface area (Å²) in [6.07, 6.45) is -2.88. The van der Waals surface area contributed by atoms with Crippen molar-refractivity contribution in [2.45, 2.75) is 63.6 Å². The SMILES string of the molecule is CC(C)(C)c1noc(C2CC(c3ccc(OC(F)(F)F)cc3)CN(C(=O)N3CCC(C#N)CC3)C2)n1. The van der Waals surface area contributed by atoms with E-state index in [2.05, 4.69) is 20.9 Å². The summed E-state index contributed by atoms with van der Waals surface area (Å²) in [5.74, 6) is 0.321. The lowest BCUT2D eigenvalue weighted by molar-refractivity contribution is -0.274. The molecule has 2 aliphatic rings. The highest BCUT2D eigenvalue weighted by atomic mass is 19.4. The number of nitrogens with zero attached hydrogens (tertiary/aromatic N) is 5. The van der Waals surface area contributed by atoms with Gasteiger partial charge >= 0.3 is 12.4 Å². The van der Waals surface area contributed by atoms with E-state index in [1.54, 1.807) is 21.9 Å². The van der Waals surface area contributed by atoms with Crippen molar-refractivity contribution < 1.29 is 27.2 Å². The molecule has 1 aromatic heterocycles. The van der Waals surface area contributed by atoms with E-state index in [-0.39, 0.29) is 34.9 Å². The summed E-state index contributed by atoms with van der Waals surface area (Å²) < 4.78 is 47.3. The van der Waals surface area contributed by atoms with Crippen molar-refractivity contribution in [1.82, 2.24) is 19.9 Å². The Labute approximate surface area is 208 Å². The lowest BCUT2D eigenvalue weighted by atomic mass is 9.84. The van der Waals surface area contributed by atoms with Gasteiger partial charge in [-0.3, -0.25) is 0 Å². The Balaban J connectivity index is 1.56. The second-order valence-electron chi connectivity index (χ2n) is 10.5. The quantitative estimate of drug-likeness (QED) is 0.569. The summed E-state index contributed by atoms with van der Waals surface area (Å²) in [6.45, 7) is 7.79. The molecule has 1 aromatic carbocycles. The number of benzene rings is 1. The van der Waals surface area contributed by atoms with Gasteiger partial charge in [0, 0.05) is 43.4 Å². The minimum absolute atomic E-state index is 0.0393. The number of piperidine rings is 2. The maximum absolute atomic E-state index is 13.4. The summed E-state index contributed by atoms with van der Waals surface area (Å²) >= 11 is 0. The maximum Gasteiger partial charge on any atom is 0.573 e. The number of carbonyl (C=O) groups excluding carboxylic acids is 1. The molecule has 2 fully saturated rings.